The normalized spacial score (nSPS) is 14.5. The number of allylic oxidation sites excluding steroid dienone is 1. The van der Waals surface area contributed by atoms with Gasteiger partial charge in [-0.1, -0.05) is 89.7 Å². The molecule has 3 atom stereocenters. The summed E-state index contributed by atoms with van der Waals surface area (Å²) in [6, 6.07) is 1.90. The van der Waals surface area contributed by atoms with E-state index in [1.807, 2.05) is 27.2 Å². The fraction of sp³-hybridized carbons (Fsp3) is 0.743. The number of quaternary nitrogens is 1. The number of aliphatic hydroxyl groups is 1. The van der Waals surface area contributed by atoms with E-state index in [2.05, 4.69) is 32.5 Å². The van der Waals surface area contributed by atoms with Gasteiger partial charge in [0.2, 0.25) is 11.4 Å². The summed E-state index contributed by atoms with van der Waals surface area (Å²) in [5.74, 6) is -0.341. The number of likely N-dealkylation sites (N-methyl/N-ethyl adjacent to an activating group) is 1. The van der Waals surface area contributed by atoms with E-state index in [0.29, 0.717) is 42.5 Å². The molecule has 1 aromatic carbocycles. The van der Waals surface area contributed by atoms with Crippen LogP contribution in [0.1, 0.15) is 110 Å². The second-order valence-electron chi connectivity index (χ2n) is 14.1. The first-order valence-electron chi connectivity index (χ1n) is 18.5. The van der Waals surface area contributed by atoms with Crippen LogP contribution in [-0.2, 0) is 18.4 Å². The number of anilines is 1. The highest BCUT2D eigenvalue weighted by Gasteiger charge is 2.23. The van der Waals surface area contributed by atoms with Crippen LogP contribution in [0.15, 0.2) is 28.9 Å². The number of benzene rings is 1. The Hall–Kier alpha value is -2.94. The van der Waals surface area contributed by atoms with Crippen molar-refractivity contribution in [3.05, 3.63) is 34.4 Å². The van der Waals surface area contributed by atoms with Crippen molar-refractivity contribution in [1.82, 2.24) is 15.6 Å². The topological polar surface area (TPSA) is 202 Å². The van der Waals surface area contributed by atoms with Gasteiger partial charge in [-0.3, -0.25) is 19.5 Å². The van der Waals surface area contributed by atoms with Gasteiger partial charge in [-0.05, 0) is 42.1 Å². The summed E-state index contributed by atoms with van der Waals surface area (Å²) in [6.45, 7) is 2.68. The van der Waals surface area contributed by atoms with Gasteiger partial charge in [0, 0.05) is 19.0 Å². The molecule has 0 aliphatic heterocycles. The maximum atomic E-state index is 12.8. The van der Waals surface area contributed by atoms with Crippen LogP contribution >= 0.6 is 7.82 Å². The van der Waals surface area contributed by atoms with Crippen LogP contribution in [0.5, 0.6) is 0 Å². The number of nitrogens with one attached hydrogen (secondary N) is 2. The van der Waals surface area contributed by atoms with Gasteiger partial charge in [0.15, 0.2) is 5.52 Å². The highest BCUT2D eigenvalue weighted by atomic mass is 31.2. The number of unbranched alkanes of at least 4 members (excludes halogenated alkanes) is 13. The largest absolute Gasteiger partial charge is 0.756 e. The molecule has 2 aromatic rings. The first kappa shape index (κ1) is 44.2. The number of aromatic nitrogens is 2. The van der Waals surface area contributed by atoms with E-state index in [1.54, 1.807) is 12.1 Å². The van der Waals surface area contributed by atoms with E-state index < -0.39 is 31.5 Å². The van der Waals surface area contributed by atoms with E-state index in [9.17, 15) is 29.5 Å². The maximum absolute atomic E-state index is 12.8. The lowest BCUT2D eigenvalue weighted by molar-refractivity contribution is -0.870. The Kier molecular flexibility index (Phi) is 21.1. The number of amides is 1. The molecule has 0 fully saturated rings. The number of carbonyl (C=O) groups excluding carboxylic acids is 1. The minimum Gasteiger partial charge on any atom is -0.756 e. The molecule has 0 saturated carbocycles. The van der Waals surface area contributed by atoms with E-state index >= 15 is 0 Å². The first-order chi connectivity index (χ1) is 24.3. The summed E-state index contributed by atoms with van der Waals surface area (Å²) in [5, 5.41) is 35.4. The predicted octanol–water partition coefficient (Wildman–Crippen LogP) is 6.41. The number of hydrogen-bond acceptors (Lipinski definition) is 12. The van der Waals surface area contributed by atoms with E-state index in [4.69, 9.17) is 9.05 Å². The third-order valence-corrected chi connectivity index (χ3v) is 9.44. The Labute approximate surface area is 302 Å². The lowest BCUT2D eigenvalue weighted by atomic mass is 10.0. The second kappa shape index (κ2) is 24.3. The number of non-ortho nitro benzene ring substituents is 1. The molecular weight excluding hydrogens is 679 g/mol. The van der Waals surface area contributed by atoms with Crippen molar-refractivity contribution >= 4 is 36.1 Å². The molecule has 1 heterocycles. The Bertz CT molecular complexity index is 1370. The Morgan fingerprint density at radius 2 is 1.61 bits per heavy atom. The van der Waals surface area contributed by atoms with Gasteiger partial charge in [-0.25, -0.2) is 4.63 Å². The van der Waals surface area contributed by atoms with Crippen molar-refractivity contribution in [2.24, 2.45) is 0 Å². The number of fused-ring (bicyclic) bond motifs is 1. The lowest BCUT2D eigenvalue weighted by Gasteiger charge is -2.29. The smallest absolute Gasteiger partial charge is 0.300 e. The molecule has 290 valence electrons. The fourth-order valence-electron chi connectivity index (χ4n) is 5.39. The van der Waals surface area contributed by atoms with Gasteiger partial charge in [-0.15, -0.1) is 0 Å². The molecule has 0 spiro atoms. The Balaban J connectivity index is 1.78. The first-order valence-corrected chi connectivity index (χ1v) is 20.0. The van der Waals surface area contributed by atoms with Gasteiger partial charge in [-0.2, -0.15) is 0 Å². The number of aliphatic hydroxyl groups excluding tert-OH is 1. The molecule has 3 unspecified atom stereocenters. The van der Waals surface area contributed by atoms with Crippen molar-refractivity contribution in [3.8, 4) is 0 Å². The van der Waals surface area contributed by atoms with Crippen molar-refractivity contribution in [1.29, 1.82) is 0 Å². The number of phosphoric ester groups is 1. The number of nitro groups is 1. The summed E-state index contributed by atoms with van der Waals surface area (Å²) in [7, 11) is 1.08. The van der Waals surface area contributed by atoms with E-state index in [1.165, 1.54) is 63.9 Å². The number of carbonyl (C=O) groups is 1. The van der Waals surface area contributed by atoms with Crippen molar-refractivity contribution in [2.45, 2.75) is 122 Å². The molecule has 1 amide bonds. The zero-order valence-corrected chi connectivity index (χ0v) is 31.9. The van der Waals surface area contributed by atoms with E-state index in [-0.39, 0.29) is 35.7 Å². The number of phosphoric acid groups is 1. The summed E-state index contributed by atoms with van der Waals surface area (Å²) in [6.07, 6.45) is 18.8. The van der Waals surface area contributed by atoms with Crippen molar-refractivity contribution in [3.63, 3.8) is 0 Å². The second-order valence-corrected chi connectivity index (χ2v) is 15.5. The lowest BCUT2D eigenvalue weighted by Crippen LogP contribution is -2.45. The minimum absolute atomic E-state index is 0.0534. The summed E-state index contributed by atoms with van der Waals surface area (Å²) in [4.78, 5) is 35.9. The standard InChI is InChI=1S/C35H61N6O9P/c1-5-6-7-8-9-10-11-12-13-14-15-16-18-21-32(42)30(28-49-51(46,47)48-27-26-41(2,3)4)37-33(43)22-19-17-20-25-36-29-23-24-31(40(44)45)35-34(29)38-50-39-35/h18,21,23-24,30,32,42H,5-17,19-20,22,25-28H2,1-4H3,(H2-,36,37,39,43,46,47)/b21-18+. The van der Waals surface area contributed by atoms with Gasteiger partial charge in [0.25, 0.3) is 7.82 Å². The molecule has 0 radical (unpaired) electrons. The molecule has 0 aliphatic rings. The predicted molar refractivity (Wildman–Crippen MR) is 196 cm³/mol. The van der Waals surface area contributed by atoms with Gasteiger partial charge in [0.1, 0.15) is 13.2 Å². The molecule has 0 bridgehead atoms. The van der Waals surface area contributed by atoms with Crippen LogP contribution in [-0.4, -0.2) is 90.3 Å². The molecule has 3 N–H and O–H groups in total. The average molecular weight is 741 g/mol. The molecular formula is C35H61N6O9P. The van der Waals surface area contributed by atoms with Crippen LogP contribution in [0.25, 0.3) is 11.0 Å². The number of nitrogens with zero attached hydrogens (tertiary/aromatic N) is 4. The summed E-state index contributed by atoms with van der Waals surface area (Å²) >= 11 is 0. The van der Waals surface area contributed by atoms with Crippen LogP contribution in [0, 0.1) is 10.1 Å². The van der Waals surface area contributed by atoms with Gasteiger partial charge >= 0.3 is 5.69 Å². The zero-order chi connectivity index (χ0) is 37.5. The number of hydrogen-bond donors (Lipinski definition) is 3. The third-order valence-electron chi connectivity index (χ3n) is 8.48. The molecule has 2 rings (SSSR count). The monoisotopic (exact) mass is 740 g/mol. The Morgan fingerprint density at radius 1 is 0.980 bits per heavy atom. The number of nitro benzene ring substituents is 1. The quantitative estimate of drug-likeness (QED) is 0.0199. The van der Waals surface area contributed by atoms with Crippen molar-refractivity contribution in [2.75, 3.05) is 52.8 Å². The molecule has 15 nitrogen and oxygen atoms in total. The molecule has 51 heavy (non-hydrogen) atoms. The van der Waals surface area contributed by atoms with Gasteiger partial charge in [0.05, 0.1) is 50.5 Å². The maximum Gasteiger partial charge on any atom is 0.300 e. The van der Waals surface area contributed by atoms with Crippen LogP contribution in [0.2, 0.25) is 0 Å². The highest BCUT2D eigenvalue weighted by molar-refractivity contribution is 7.45. The van der Waals surface area contributed by atoms with Crippen LogP contribution in [0.4, 0.5) is 11.4 Å². The molecule has 0 aliphatic carbocycles. The Morgan fingerprint density at radius 3 is 2.25 bits per heavy atom. The average Bonchev–Trinajstić information content (AvgIpc) is 3.56. The van der Waals surface area contributed by atoms with E-state index in [0.717, 1.165) is 19.3 Å². The third kappa shape index (κ3) is 19.5. The van der Waals surface area contributed by atoms with Crippen LogP contribution in [0.3, 0.4) is 0 Å². The molecule has 0 saturated heterocycles. The zero-order valence-electron chi connectivity index (χ0n) is 31.1. The van der Waals surface area contributed by atoms with Crippen molar-refractivity contribution < 1.29 is 42.4 Å². The SMILES string of the molecule is CCCCCCCCCCCCC/C=C/C(O)C(COP(=O)([O-])OCC[N+](C)(C)C)NC(=O)CCCCCNc1ccc([N+](=O)[O-])c2nonc12. The van der Waals surface area contributed by atoms with Gasteiger partial charge < -0.3 is 34.2 Å². The minimum atomic E-state index is -4.66. The fourth-order valence-corrected chi connectivity index (χ4v) is 6.11. The van der Waals surface area contributed by atoms with Crippen LogP contribution < -0.4 is 15.5 Å². The summed E-state index contributed by atoms with van der Waals surface area (Å²) < 4.78 is 27.7. The molecule has 16 heteroatoms. The summed E-state index contributed by atoms with van der Waals surface area (Å²) in [5.41, 5.74) is 0.696. The highest BCUT2D eigenvalue weighted by Crippen LogP contribution is 2.38. The molecule has 1 aromatic heterocycles. The number of rotatable bonds is 30.